The van der Waals surface area contributed by atoms with E-state index in [4.69, 9.17) is 11.5 Å². The molecule has 1 rings (SSSR count). The molecule has 1 aromatic rings. The first-order valence-electron chi connectivity index (χ1n) is 6.07. The largest absolute Gasteiger partial charge is 0.399 e. The molecule has 0 heterocycles. The molecule has 0 fully saturated rings. The second-order valence-electron chi connectivity index (χ2n) is 4.34. The topological polar surface area (TPSA) is 101 Å². The number of hydrogen-bond acceptors (Lipinski definition) is 4. The molecule has 104 valence electrons. The number of carbonyl (C=O) groups is 2. The molecule has 0 unspecified atom stereocenters. The van der Waals surface area contributed by atoms with Crippen LogP contribution in [0.5, 0.6) is 0 Å². The Balaban J connectivity index is 2.60. The Kier molecular flexibility index (Phi) is 5.81. The average Bonchev–Trinajstić information content (AvgIpc) is 2.37. The molecule has 0 saturated carbocycles. The monoisotopic (exact) mass is 264 g/mol. The van der Waals surface area contributed by atoms with Crippen LogP contribution in [0, 0.1) is 0 Å². The van der Waals surface area contributed by atoms with E-state index in [2.05, 4.69) is 5.32 Å². The van der Waals surface area contributed by atoms with Gasteiger partial charge in [-0.05, 0) is 17.7 Å². The average molecular weight is 264 g/mol. The molecular formula is C13H20N4O2. The van der Waals surface area contributed by atoms with Crippen LogP contribution in [0.25, 0.3) is 0 Å². The number of benzene rings is 1. The van der Waals surface area contributed by atoms with Crippen LogP contribution < -0.4 is 16.8 Å². The number of primary amides is 1. The van der Waals surface area contributed by atoms with Crippen molar-refractivity contribution in [3.05, 3.63) is 29.8 Å². The van der Waals surface area contributed by atoms with Crippen LogP contribution in [0.3, 0.4) is 0 Å². The van der Waals surface area contributed by atoms with E-state index in [0.29, 0.717) is 25.2 Å². The summed E-state index contributed by atoms with van der Waals surface area (Å²) in [6.07, 6.45) is 0.332. The van der Waals surface area contributed by atoms with E-state index in [-0.39, 0.29) is 12.5 Å². The first kappa shape index (κ1) is 15.0. The van der Waals surface area contributed by atoms with E-state index in [1.54, 1.807) is 19.2 Å². The van der Waals surface area contributed by atoms with Crippen LogP contribution in [-0.2, 0) is 16.1 Å². The fourth-order valence-electron chi connectivity index (χ4n) is 1.70. The number of hydrogen-bond donors (Lipinski definition) is 3. The standard InChI is InChI=1S/C13H20N4O2/c1-16-13(19)6-7-17(9-12(15)18)8-10-2-4-11(14)5-3-10/h2-5H,6-9,14H2,1H3,(H2,15,18)(H,16,19). The lowest BCUT2D eigenvalue weighted by molar-refractivity contribution is -0.122. The molecule has 0 aromatic heterocycles. The van der Waals surface area contributed by atoms with Crippen molar-refractivity contribution in [3.8, 4) is 0 Å². The molecule has 19 heavy (non-hydrogen) atoms. The Bertz CT molecular complexity index is 431. The van der Waals surface area contributed by atoms with E-state index in [1.165, 1.54) is 0 Å². The summed E-state index contributed by atoms with van der Waals surface area (Å²) in [5.74, 6) is -0.473. The van der Waals surface area contributed by atoms with Crippen molar-refractivity contribution in [1.29, 1.82) is 0 Å². The van der Waals surface area contributed by atoms with Gasteiger partial charge in [-0.3, -0.25) is 14.5 Å². The summed E-state index contributed by atoms with van der Waals surface area (Å²) in [6.45, 7) is 1.16. The number of nitrogens with two attached hydrogens (primary N) is 2. The predicted molar refractivity (Wildman–Crippen MR) is 74.0 cm³/mol. The quantitative estimate of drug-likeness (QED) is 0.588. The van der Waals surface area contributed by atoms with Gasteiger partial charge in [-0.25, -0.2) is 0 Å². The summed E-state index contributed by atoms with van der Waals surface area (Å²) in [5, 5.41) is 2.55. The van der Waals surface area contributed by atoms with Crippen LogP contribution in [0.1, 0.15) is 12.0 Å². The Labute approximate surface area is 112 Å². The highest BCUT2D eigenvalue weighted by Gasteiger charge is 2.11. The van der Waals surface area contributed by atoms with Crippen molar-refractivity contribution in [2.24, 2.45) is 5.73 Å². The number of nitrogens with zero attached hydrogens (tertiary/aromatic N) is 1. The van der Waals surface area contributed by atoms with Crippen LogP contribution >= 0.6 is 0 Å². The van der Waals surface area contributed by atoms with Crippen molar-refractivity contribution < 1.29 is 9.59 Å². The molecule has 2 amide bonds. The fourth-order valence-corrected chi connectivity index (χ4v) is 1.70. The Morgan fingerprint density at radius 1 is 1.26 bits per heavy atom. The molecule has 0 spiro atoms. The second kappa shape index (κ2) is 7.38. The zero-order valence-electron chi connectivity index (χ0n) is 11.1. The summed E-state index contributed by atoms with van der Waals surface area (Å²) in [7, 11) is 1.58. The lowest BCUT2D eigenvalue weighted by Gasteiger charge is -2.20. The van der Waals surface area contributed by atoms with Crippen LogP contribution in [0.2, 0.25) is 0 Å². The number of amides is 2. The second-order valence-corrected chi connectivity index (χ2v) is 4.34. The van der Waals surface area contributed by atoms with Gasteiger partial charge >= 0.3 is 0 Å². The van der Waals surface area contributed by atoms with E-state index >= 15 is 0 Å². The maximum absolute atomic E-state index is 11.2. The van der Waals surface area contributed by atoms with Gasteiger partial charge in [-0.15, -0.1) is 0 Å². The molecule has 0 bridgehead atoms. The van der Waals surface area contributed by atoms with Crippen molar-refractivity contribution in [2.45, 2.75) is 13.0 Å². The highest BCUT2D eigenvalue weighted by Crippen LogP contribution is 2.08. The highest BCUT2D eigenvalue weighted by atomic mass is 16.2. The SMILES string of the molecule is CNC(=O)CCN(CC(N)=O)Cc1ccc(N)cc1. The van der Waals surface area contributed by atoms with E-state index in [0.717, 1.165) is 5.56 Å². The first-order chi connectivity index (χ1) is 9.01. The predicted octanol–water partition coefficient (Wildman–Crippen LogP) is -0.308. The third kappa shape index (κ3) is 5.87. The summed E-state index contributed by atoms with van der Waals surface area (Å²) in [6, 6.07) is 7.39. The minimum absolute atomic E-state index is 0.0632. The molecule has 0 saturated heterocycles. The Morgan fingerprint density at radius 2 is 1.89 bits per heavy atom. The van der Waals surface area contributed by atoms with Crippen LogP contribution in [0.15, 0.2) is 24.3 Å². The van der Waals surface area contributed by atoms with Crippen molar-refractivity contribution in [2.75, 3.05) is 25.9 Å². The number of nitrogens with one attached hydrogen (secondary N) is 1. The van der Waals surface area contributed by atoms with Gasteiger partial charge in [-0.1, -0.05) is 12.1 Å². The van der Waals surface area contributed by atoms with Crippen molar-refractivity contribution >= 4 is 17.5 Å². The minimum atomic E-state index is -0.410. The molecule has 6 heteroatoms. The summed E-state index contributed by atoms with van der Waals surface area (Å²) in [4.78, 5) is 24.1. The first-order valence-corrected chi connectivity index (χ1v) is 6.07. The van der Waals surface area contributed by atoms with Gasteiger partial charge in [-0.2, -0.15) is 0 Å². The van der Waals surface area contributed by atoms with E-state index < -0.39 is 5.91 Å². The van der Waals surface area contributed by atoms with Gasteiger partial charge in [0.15, 0.2) is 0 Å². The normalized spacial score (nSPS) is 10.4. The number of anilines is 1. The van der Waals surface area contributed by atoms with Gasteiger partial charge in [0.05, 0.1) is 6.54 Å². The molecule has 1 aromatic carbocycles. The van der Waals surface area contributed by atoms with Gasteiger partial charge in [0.1, 0.15) is 0 Å². The number of carbonyl (C=O) groups excluding carboxylic acids is 2. The third-order valence-electron chi connectivity index (χ3n) is 2.70. The zero-order chi connectivity index (χ0) is 14.3. The zero-order valence-corrected chi connectivity index (χ0v) is 11.1. The Hall–Kier alpha value is -2.08. The van der Waals surface area contributed by atoms with Crippen LogP contribution in [-0.4, -0.2) is 36.9 Å². The minimum Gasteiger partial charge on any atom is -0.399 e. The van der Waals surface area contributed by atoms with Gasteiger partial charge < -0.3 is 16.8 Å². The molecule has 5 N–H and O–H groups in total. The lowest BCUT2D eigenvalue weighted by atomic mass is 10.2. The van der Waals surface area contributed by atoms with Gasteiger partial charge in [0, 0.05) is 32.2 Å². The lowest BCUT2D eigenvalue weighted by Crippen LogP contribution is -2.36. The fraction of sp³-hybridized carbons (Fsp3) is 0.385. The Morgan fingerprint density at radius 3 is 2.42 bits per heavy atom. The van der Waals surface area contributed by atoms with Crippen molar-refractivity contribution in [1.82, 2.24) is 10.2 Å². The van der Waals surface area contributed by atoms with E-state index in [9.17, 15) is 9.59 Å². The molecular weight excluding hydrogens is 244 g/mol. The van der Waals surface area contributed by atoms with Crippen LogP contribution in [0.4, 0.5) is 5.69 Å². The molecule has 6 nitrogen and oxygen atoms in total. The molecule has 0 atom stereocenters. The smallest absolute Gasteiger partial charge is 0.231 e. The number of nitrogen functional groups attached to an aromatic ring is 1. The maximum atomic E-state index is 11.2. The summed E-state index contributed by atoms with van der Waals surface area (Å²) >= 11 is 0. The van der Waals surface area contributed by atoms with E-state index in [1.807, 2.05) is 17.0 Å². The third-order valence-corrected chi connectivity index (χ3v) is 2.70. The molecule has 0 aliphatic heterocycles. The highest BCUT2D eigenvalue weighted by molar-refractivity contribution is 5.77. The molecule has 0 aliphatic rings. The summed E-state index contributed by atoms with van der Waals surface area (Å²) in [5.41, 5.74) is 12.5. The number of rotatable bonds is 7. The molecule has 0 aliphatic carbocycles. The summed E-state index contributed by atoms with van der Waals surface area (Å²) < 4.78 is 0. The maximum Gasteiger partial charge on any atom is 0.231 e. The van der Waals surface area contributed by atoms with Gasteiger partial charge in [0.2, 0.25) is 11.8 Å². The van der Waals surface area contributed by atoms with Crippen molar-refractivity contribution in [3.63, 3.8) is 0 Å². The van der Waals surface area contributed by atoms with Gasteiger partial charge in [0.25, 0.3) is 0 Å². The molecule has 0 radical (unpaired) electrons.